The molecular formula is C25H24O11. The lowest BCUT2D eigenvalue weighted by molar-refractivity contribution is -0.0189. The van der Waals surface area contributed by atoms with Gasteiger partial charge in [0.2, 0.25) is 11.5 Å². The summed E-state index contributed by atoms with van der Waals surface area (Å²) in [5.74, 6) is -2.53. The average molecular weight is 500 g/mol. The van der Waals surface area contributed by atoms with Gasteiger partial charge in [-0.15, -0.1) is 0 Å². The van der Waals surface area contributed by atoms with Gasteiger partial charge in [-0.25, -0.2) is 4.79 Å². The third-order valence-corrected chi connectivity index (χ3v) is 5.74. The molecule has 0 aliphatic carbocycles. The highest BCUT2D eigenvalue weighted by Crippen LogP contribution is 2.46. The number of carbonyl (C=O) groups excluding carboxylic acids is 1. The normalized spacial score (nSPS) is 16.4. The molecule has 2 atom stereocenters. The number of esters is 1. The Balaban J connectivity index is 1.75. The number of hydrogen-bond donors (Lipinski definition) is 5. The maximum atomic E-state index is 13.0. The van der Waals surface area contributed by atoms with Crippen LogP contribution in [0.3, 0.4) is 0 Å². The summed E-state index contributed by atoms with van der Waals surface area (Å²) in [7, 11) is 3.95. The topological polar surface area (TPSA) is 164 Å². The molecule has 1 aliphatic rings. The molecule has 5 N–H and O–H groups in total. The lowest BCUT2D eigenvalue weighted by atomic mass is 9.93. The van der Waals surface area contributed by atoms with Crippen LogP contribution in [0.5, 0.6) is 51.7 Å². The first-order chi connectivity index (χ1) is 17.2. The van der Waals surface area contributed by atoms with Crippen LogP contribution < -0.4 is 18.9 Å². The highest BCUT2D eigenvalue weighted by Gasteiger charge is 2.37. The minimum atomic E-state index is -1.07. The number of aromatic hydroxyl groups is 5. The molecular weight excluding hydrogens is 476 g/mol. The molecule has 0 spiro atoms. The third kappa shape index (κ3) is 4.38. The van der Waals surface area contributed by atoms with Crippen molar-refractivity contribution in [2.75, 3.05) is 21.3 Å². The number of hydrogen-bond acceptors (Lipinski definition) is 11. The molecule has 0 saturated heterocycles. The highest BCUT2D eigenvalue weighted by atomic mass is 16.6. The number of fused-ring (bicyclic) bond motifs is 1. The predicted octanol–water partition coefficient (Wildman–Crippen LogP) is 3.14. The van der Waals surface area contributed by atoms with E-state index >= 15 is 0 Å². The Morgan fingerprint density at radius 2 is 1.33 bits per heavy atom. The third-order valence-electron chi connectivity index (χ3n) is 5.74. The van der Waals surface area contributed by atoms with Gasteiger partial charge in [-0.1, -0.05) is 0 Å². The number of carbonyl (C=O) groups is 1. The molecule has 11 nitrogen and oxygen atoms in total. The zero-order chi connectivity index (χ0) is 26.1. The van der Waals surface area contributed by atoms with Crippen LogP contribution >= 0.6 is 0 Å². The predicted molar refractivity (Wildman–Crippen MR) is 124 cm³/mol. The second-order valence-electron chi connectivity index (χ2n) is 7.95. The second-order valence-corrected chi connectivity index (χ2v) is 7.95. The van der Waals surface area contributed by atoms with E-state index in [1.165, 1.54) is 39.5 Å². The van der Waals surface area contributed by atoms with E-state index in [0.717, 1.165) is 12.1 Å². The largest absolute Gasteiger partial charge is 0.507 e. The van der Waals surface area contributed by atoms with Crippen LogP contribution in [-0.4, -0.2) is 58.9 Å². The first-order valence-electron chi connectivity index (χ1n) is 10.6. The molecule has 3 aromatic carbocycles. The second kappa shape index (κ2) is 9.53. The Bertz CT molecular complexity index is 1270. The molecule has 0 radical (unpaired) electrons. The van der Waals surface area contributed by atoms with E-state index in [1.54, 1.807) is 6.07 Å². The Kier molecular flexibility index (Phi) is 6.47. The van der Waals surface area contributed by atoms with Gasteiger partial charge in [0, 0.05) is 29.7 Å². The summed E-state index contributed by atoms with van der Waals surface area (Å²) in [5, 5.41) is 51.2. The Labute approximate surface area is 205 Å². The fourth-order valence-corrected chi connectivity index (χ4v) is 4.07. The first-order valence-corrected chi connectivity index (χ1v) is 10.6. The first kappa shape index (κ1) is 24.5. The van der Waals surface area contributed by atoms with Crippen LogP contribution in [0.2, 0.25) is 0 Å². The lowest BCUT2D eigenvalue weighted by Gasteiger charge is -2.34. The van der Waals surface area contributed by atoms with Crippen LogP contribution in [0.25, 0.3) is 0 Å². The van der Waals surface area contributed by atoms with Crippen LogP contribution in [0.1, 0.15) is 27.6 Å². The highest BCUT2D eigenvalue weighted by molar-refractivity contribution is 5.91. The van der Waals surface area contributed by atoms with E-state index in [-0.39, 0.29) is 52.0 Å². The van der Waals surface area contributed by atoms with Crippen molar-refractivity contribution in [3.8, 4) is 51.7 Å². The lowest BCUT2D eigenvalue weighted by Crippen LogP contribution is -2.34. The number of benzene rings is 3. The Morgan fingerprint density at radius 1 is 0.778 bits per heavy atom. The van der Waals surface area contributed by atoms with Crippen LogP contribution in [-0.2, 0) is 11.2 Å². The summed E-state index contributed by atoms with van der Waals surface area (Å²) in [6, 6.07) is 7.65. The molecule has 2 unspecified atom stereocenters. The van der Waals surface area contributed by atoms with E-state index in [2.05, 4.69) is 0 Å². The maximum Gasteiger partial charge on any atom is 0.338 e. The molecule has 1 heterocycles. The van der Waals surface area contributed by atoms with Crippen LogP contribution in [0.4, 0.5) is 0 Å². The van der Waals surface area contributed by atoms with Gasteiger partial charge in [0.1, 0.15) is 23.4 Å². The van der Waals surface area contributed by atoms with E-state index < -0.39 is 29.7 Å². The average Bonchev–Trinajstić information content (AvgIpc) is 2.83. The number of methoxy groups -OCH3 is 3. The van der Waals surface area contributed by atoms with Gasteiger partial charge < -0.3 is 49.2 Å². The van der Waals surface area contributed by atoms with Crippen molar-refractivity contribution in [3.05, 3.63) is 53.1 Å². The molecule has 0 bridgehead atoms. The van der Waals surface area contributed by atoms with Crippen LogP contribution in [0.15, 0.2) is 36.4 Å². The summed E-state index contributed by atoms with van der Waals surface area (Å²) in [6.45, 7) is 0. The van der Waals surface area contributed by atoms with Gasteiger partial charge in [-0.2, -0.15) is 0 Å². The number of phenols is 5. The molecule has 0 aromatic heterocycles. The number of rotatable bonds is 6. The summed E-state index contributed by atoms with van der Waals surface area (Å²) in [4.78, 5) is 13.0. The molecule has 36 heavy (non-hydrogen) atoms. The monoisotopic (exact) mass is 500 g/mol. The molecule has 0 fully saturated rings. The fraction of sp³-hybridized carbons (Fsp3) is 0.240. The maximum absolute atomic E-state index is 13.0. The summed E-state index contributed by atoms with van der Waals surface area (Å²) in [6.07, 6.45) is -2.12. The molecule has 1 aliphatic heterocycles. The summed E-state index contributed by atoms with van der Waals surface area (Å²) >= 11 is 0. The zero-order valence-corrected chi connectivity index (χ0v) is 19.5. The standard InChI is InChI=1S/C25H24O11/c1-32-13-8-15(26)14-10-21(36-25(31)12-6-18(29)24(34-3)19(30)7-12)22(35-20(14)9-13)11-4-16(27)23(33-2)17(28)5-11/h4-9,21-22,26-30H,10H2,1-3H3. The molecule has 3 aromatic rings. The molecule has 0 saturated carbocycles. The van der Waals surface area contributed by atoms with Crippen LogP contribution in [0, 0.1) is 0 Å². The Hall–Kier alpha value is -4.67. The van der Waals surface area contributed by atoms with Crippen molar-refractivity contribution < 1.29 is 54.0 Å². The van der Waals surface area contributed by atoms with Gasteiger partial charge in [0.15, 0.2) is 29.1 Å². The van der Waals surface area contributed by atoms with Gasteiger partial charge in [-0.3, -0.25) is 0 Å². The quantitative estimate of drug-likeness (QED) is 0.316. The minimum absolute atomic E-state index is 0.0107. The molecule has 11 heteroatoms. The van der Waals surface area contributed by atoms with E-state index in [1.807, 2.05) is 0 Å². The van der Waals surface area contributed by atoms with Crippen molar-refractivity contribution in [1.82, 2.24) is 0 Å². The minimum Gasteiger partial charge on any atom is -0.507 e. The molecule has 0 amide bonds. The number of phenolic OH excluding ortho intramolecular Hbond substituents is 5. The summed E-state index contributed by atoms with van der Waals surface area (Å²) in [5.41, 5.74) is 0.416. The van der Waals surface area contributed by atoms with Crippen molar-refractivity contribution in [3.63, 3.8) is 0 Å². The van der Waals surface area contributed by atoms with Gasteiger partial charge in [-0.05, 0) is 24.3 Å². The molecule has 190 valence electrons. The summed E-state index contributed by atoms with van der Waals surface area (Å²) < 4.78 is 26.8. The fourth-order valence-electron chi connectivity index (χ4n) is 4.07. The van der Waals surface area contributed by atoms with Crippen molar-refractivity contribution in [2.45, 2.75) is 18.6 Å². The van der Waals surface area contributed by atoms with Gasteiger partial charge >= 0.3 is 5.97 Å². The Morgan fingerprint density at radius 3 is 1.86 bits per heavy atom. The van der Waals surface area contributed by atoms with Crippen molar-refractivity contribution in [2.24, 2.45) is 0 Å². The van der Waals surface area contributed by atoms with E-state index in [0.29, 0.717) is 11.3 Å². The van der Waals surface area contributed by atoms with Gasteiger partial charge in [0.25, 0.3) is 0 Å². The van der Waals surface area contributed by atoms with Crippen molar-refractivity contribution >= 4 is 5.97 Å². The van der Waals surface area contributed by atoms with Gasteiger partial charge in [0.05, 0.1) is 26.9 Å². The van der Waals surface area contributed by atoms with E-state index in [9.17, 15) is 30.3 Å². The number of ether oxygens (including phenoxy) is 5. The molecule has 4 rings (SSSR count). The zero-order valence-electron chi connectivity index (χ0n) is 19.5. The SMILES string of the molecule is COc1cc(O)c2c(c1)OC(c1cc(O)c(OC)c(O)c1)C(OC(=O)c1cc(O)c(OC)c(O)c1)C2. The van der Waals surface area contributed by atoms with E-state index in [4.69, 9.17) is 23.7 Å². The van der Waals surface area contributed by atoms with Crippen molar-refractivity contribution in [1.29, 1.82) is 0 Å². The smallest absolute Gasteiger partial charge is 0.338 e.